The Morgan fingerprint density at radius 3 is 2.14 bits per heavy atom. The van der Waals surface area contributed by atoms with E-state index in [2.05, 4.69) is 10.6 Å². The van der Waals surface area contributed by atoms with Crippen molar-refractivity contribution in [2.24, 2.45) is 11.8 Å². The van der Waals surface area contributed by atoms with Gasteiger partial charge in [0.25, 0.3) is 11.8 Å². The first-order valence-corrected chi connectivity index (χ1v) is 12.6. The van der Waals surface area contributed by atoms with Crippen molar-refractivity contribution < 1.29 is 40.3 Å². The Morgan fingerprint density at radius 1 is 0.919 bits per heavy atom. The predicted octanol–water partition coefficient (Wildman–Crippen LogP) is 7.06. The number of benzene rings is 2. The van der Waals surface area contributed by atoms with E-state index in [1.807, 2.05) is 22.6 Å². The van der Waals surface area contributed by atoms with Gasteiger partial charge in [-0.2, -0.15) is 26.3 Å². The number of anilines is 1. The van der Waals surface area contributed by atoms with Crippen LogP contribution in [0.25, 0.3) is 0 Å². The number of rotatable bonds is 5. The Labute approximate surface area is 221 Å². The molecule has 0 spiro atoms. The van der Waals surface area contributed by atoms with Gasteiger partial charge in [-0.3, -0.25) is 9.59 Å². The van der Waals surface area contributed by atoms with Crippen molar-refractivity contribution in [3.8, 4) is 0 Å². The molecule has 0 aromatic heterocycles. The lowest BCUT2D eigenvalue weighted by Gasteiger charge is -2.30. The molecule has 2 fully saturated rings. The molecule has 0 aliphatic heterocycles. The first-order valence-electron chi connectivity index (χ1n) is 11.5. The van der Waals surface area contributed by atoms with Crippen LogP contribution in [0.15, 0.2) is 36.4 Å². The summed E-state index contributed by atoms with van der Waals surface area (Å²) in [5.41, 5.74) is -7.47. The second-order valence-electron chi connectivity index (χ2n) is 9.56. The maximum atomic E-state index is 14.4. The zero-order valence-corrected chi connectivity index (χ0v) is 21.5. The van der Waals surface area contributed by atoms with Crippen molar-refractivity contribution in [1.29, 1.82) is 0 Å². The SMILES string of the molecule is Cc1cc(C(F)(C(F)(F)F)C(F)(F)F)ccc1NC(=O)c1cccc(I)c1C(=O)NC1CC2CCC1C2. The van der Waals surface area contributed by atoms with Crippen LogP contribution in [0, 0.1) is 22.3 Å². The number of nitrogens with one attached hydrogen (secondary N) is 2. The number of carbonyl (C=O) groups is 2. The van der Waals surface area contributed by atoms with Crippen molar-refractivity contribution in [3.63, 3.8) is 0 Å². The maximum Gasteiger partial charge on any atom is 0.435 e. The van der Waals surface area contributed by atoms with E-state index < -0.39 is 35.4 Å². The van der Waals surface area contributed by atoms with Gasteiger partial charge in [-0.1, -0.05) is 24.6 Å². The van der Waals surface area contributed by atoms with Crippen LogP contribution in [0.5, 0.6) is 0 Å². The molecule has 0 saturated heterocycles. The highest BCUT2D eigenvalue weighted by Gasteiger charge is 2.73. The number of halogens is 8. The molecular formula is C25H22F7IN2O2. The molecule has 200 valence electrons. The van der Waals surface area contributed by atoms with Crippen LogP contribution in [0.1, 0.15) is 57.5 Å². The highest BCUT2D eigenvalue weighted by Crippen LogP contribution is 2.53. The first-order chi connectivity index (χ1) is 17.1. The molecule has 37 heavy (non-hydrogen) atoms. The molecule has 0 heterocycles. The number of carbonyl (C=O) groups excluding carboxylic acids is 2. The molecule has 2 amide bonds. The van der Waals surface area contributed by atoms with E-state index in [4.69, 9.17) is 0 Å². The van der Waals surface area contributed by atoms with E-state index in [1.165, 1.54) is 6.07 Å². The average Bonchev–Trinajstić information content (AvgIpc) is 3.41. The molecule has 4 nitrogen and oxygen atoms in total. The molecule has 2 aromatic carbocycles. The quantitative estimate of drug-likeness (QED) is 0.271. The zero-order chi connectivity index (χ0) is 27.3. The molecule has 2 bridgehead atoms. The third-order valence-corrected chi connectivity index (χ3v) is 8.09. The van der Waals surface area contributed by atoms with Gasteiger partial charge in [-0.25, -0.2) is 4.39 Å². The summed E-state index contributed by atoms with van der Waals surface area (Å²) in [5.74, 6) is -0.246. The third-order valence-electron chi connectivity index (χ3n) is 7.19. The van der Waals surface area contributed by atoms with Gasteiger partial charge >= 0.3 is 18.0 Å². The molecule has 2 aliphatic carbocycles. The fourth-order valence-electron chi connectivity index (χ4n) is 5.30. The number of fused-ring (bicyclic) bond motifs is 2. The first kappa shape index (κ1) is 27.6. The minimum atomic E-state index is -6.25. The Kier molecular flexibility index (Phi) is 7.27. The Morgan fingerprint density at radius 2 is 1.59 bits per heavy atom. The second kappa shape index (κ2) is 9.73. The third kappa shape index (κ3) is 5.05. The Balaban J connectivity index is 1.58. The Bertz CT molecular complexity index is 1210. The molecule has 3 atom stereocenters. The van der Waals surface area contributed by atoms with Crippen molar-refractivity contribution in [1.82, 2.24) is 5.32 Å². The molecule has 4 rings (SSSR count). The zero-order valence-electron chi connectivity index (χ0n) is 19.4. The lowest BCUT2D eigenvalue weighted by Crippen LogP contribution is -2.50. The summed E-state index contributed by atoms with van der Waals surface area (Å²) in [6, 6.07) is 6.10. The molecule has 12 heteroatoms. The number of amides is 2. The lowest BCUT2D eigenvalue weighted by atomic mass is 9.92. The van der Waals surface area contributed by atoms with Crippen molar-refractivity contribution in [2.45, 2.75) is 56.7 Å². The van der Waals surface area contributed by atoms with Gasteiger partial charge in [0.05, 0.1) is 11.1 Å². The van der Waals surface area contributed by atoms with Crippen molar-refractivity contribution in [3.05, 3.63) is 62.2 Å². The van der Waals surface area contributed by atoms with Crippen molar-refractivity contribution >= 4 is 40.1 Å². The van der Waals surface area contributed by atoms with E-state index >= 15 is 0 Å². The number of aryl methyl sites for hydroxylation is 1. The standard InChI is InChI=1S/C25H22F7IN2O2/c1-12-9-15(23(26,24(27,28)29)25(30,31)32)7-8-18(12)34-21(36)16-3-2-4-17(33)20(16)22(37)35-19-11-13-5-6-14(19)10-13/h2-4,7-9,13-14,19H,5-6,10-11H2,1H3,(H,34,36)(H,35,37). The fourth-order valence-corrected chi connectivity index (χ4v) is 6.05. The van der Waals surface area contributed by atoms with E-state index in [0.29, 0.717) is 27.5 Å². The van der Waals surface area contributed by atoms with Crippen LogP contribution < -0.4 is 10.6 Å². The summed E-state index contributed by atoms with van der Waals surface area (Å²) in [7, 11) is 0. The van der Waals surface area contributed by atoms with Crippen LogP contribution in [0.3, 0.4) is 0 Å². The smallest absolute Gasteiger partial charge is 0.349 e. The summed E-state index contributed by atoms with van der Waals surface area (Å²) in [6.45, 7) is 1.14. The average molecular weight is 642 g/mol. The topological polar surface area (TPSA) is 58.2 Å². The van der Waals surface area contributed by atoms with E-state index in [9.17, 15) is 40.3 Å². The molecular weight excluding hydrogens is 620 g/mol. The van der Waals surface area contributed by atoms with Crippen LogP contribution in [-0.4, -0.2) is 30.2 Å². The lowest BCUT2D eigenvalue weighted by molar-refractivity contribution is -0.348. The van der Waals surface area contributed by atoms with E-state index in [-0.39, 0.29) is 28.4 Å². The molecule has 3 unspecified atom stereocenters. The van der Waals surface area contributed by atoms with Crippen LogP contribution in [0.4, 0.5) is 36.4 Å². The molecule has 2 saturated carbocycles. The van der Waals surface area contributed by atoms with Crippen LogP contribution in [0.2, 0.25) is 0 Å². The normalized spacial score (nSPS) is 21.7. The van der Waals surface area contributed by atoms with Crippen LogP contribution >= 0.6 is 22.6 Å². The number of hydrogen-bond donors (Lipinski definition) is 2. The summed E-state index contributed by atoms with van der Waals surface area (Å²) in [6.07, 6.45) is -8.39. The number of hydrogen-bond acceptors (Lipinski definition) is 2. The highest BCUT2D eigenvalue weighted by molar-refractivity contribution is 14.1. The van der Waals surface area contributed by atoms with E-state index in [0.717, 1.165) is 38.7 Å². The summed E-state index contributed by atoms with van der Waals surface area (Å²) >= 11 is 1.91. The van der Waals surface area contributed by atoms with Gasteiger partial charge in [-0.05, 0) is 84.4 Å². The Hall–Kier alpha value is -2.38. The minimum absolute atomic E-state index is 0.0104. The van der Waals surface area contributed by atoms with Gasteiger partial charge in [0.2, 0.25) is 0 Å². The van der Waals surface area contributed by atoms with Gasteiger partial charge in [0.15, 0.2) is 0 Å². The van der Waals surface area contributed by atoms with Crippen molar-refractivity contribution in [2.75, 3.05) is 5.32 Å². The molecule has 0 radical (unpaired) electrons. The second-order valence-corrected chi connectivity index (χ2v) is 10.7. The molecule has 2 N–H and O–H groups in total. The van der Waals surface area contributed by atoms with Crippen LogP contribution in [-0.2, 0) is 5.67 Å². The summed E-state index contributed by atoms with van der Waals surface area (Å²) in [5, 5.41) is 5.43. The largest absolute Gasteiger partial charge is 0.435 e. The summed E-state index contributed by atoms with van der Waals surface area (Å²) < 4.78 is 93.5. The summed E-state index contributed by atoms with van der Waals surface area (Å²) in [4.78, 5) is 26.2. The molecule has 2 aromatic rings. The van der Waals surface area contributed by atoms with Gasteiger partial charge in [-0.15, -0.1) is 0 Å². The number of alkyl halides is 7. The predicted molar refractivity (Wildman–Crippen MR) is 130 cm³/mol. The van der Waals surface area contributed by atoms with Gasteiger partial charge in [0.1, 0.15) is 0 Å². The monoisotopic (exact) mass is 642 g/mol. The molecule has 2 aliphatic rings. The minimum Gasteiger partial charge on any atom is -0.349 e. The highest BCUT2D eigenvalue weighted by atomic mass is 127. The van der Waals surface area contributed by atoms with E-state index in [1.54, 1.807) is 12.1 Å². The van der Waals surface area contributed by atoms with Gasteiger partial charge in [0, 0.05) is 20.9 Å². The fraction of sp³-hybridized carbons (Fsp3) is 0.440. The van der Waals surface area contributed by atoms with Gasteiger partial charge < -0.3 is 10.6 Å². The maximum absolute atomic E-state index is 14.4.